The summed E-state index contributed by atoms with van der Waals surface area (Å²) in [5.41, 5.74) is 7.43. The largest absolute Gasteiger partial charge is 0.497 e. The third kappa shape index (κ3) is 6.31. The fourth-order valence-corrected chi connectivity index (χ4v) is 5.17. The Kier molecular flexibility index (Phi) is 8.30. The van der Waals surface area contributed by atoms with Crippen molar-refractivity contribution < 1.29 is 19.1 Å². The number of nitrogens with two attached hydrogens (primary N) is 1. The number of benzene rings is 2. The third-order valence-corrected chi connectivity index (χ3v) is 7.54. The molecule has 1 fully saturated rings. The van der Waals surface area contributed by atoms with Crippen molar-refractivity contribution in [3.63, 3.8) is 0 Å². The van der Waals surface area contributed by atoms with E-state index in [2.05, 4.69) is 20.6 Å². The molecule has 2 aromatic heterocycles. The zero-order valence-electron chi connectivity index (χ0n) is 24.1. The van der Waals surface area contributed by atoms with E-state index in [1.807, 2.05) is 59.6 Å². The minimum Gasteiger partial charge on any atom is -0.497 e. The Morgan fingerprint density at radius 2 is 1.81 bits per heavy atom. The summed E-state index contributed by atoms with van der Waals surface area (Å²) in [5, 5.41) is 6.60. The molecule has 42 heavy (non-hydrogen) atoms. The average Bonchev–Trinajstić information content (AvgIpc) is 3.75. The second-order valence-electron chi connectivity index (χ2n) is 11.2. The summed E-state index contributed by atoms with van der Waals surface area (Å²) >= 11 is 0. The number of rotatable bonds is 10. The molecule has 5 N–H and O–H groups in total. The van der Waals surface area contributed by atoms with Crippen LogP contribution in [0.2, 0.25) is 0 Å². The first kappa shape index (κ1) is 28.9. The van der Waals surface area contributed by atoms with Gasteiger partial charge in [-0.05, 0) is 56.0 Å². The Morgan fingerprint density at radius 1 is 1.10 bits per heavy atom. The SMILES string of the molecule is COc1ccc(C(C(=O)N2CCCC2)n2cnc(NC(=O)[C@@H](Cc3c[nH]c4ccccc34)NC(=O)C(C)(C)N)c2)cc1. The summed E-state index contributed by atoms with van der Waals surface area (Å²) in [6, 6.07) is 13.5. The Hall–Kier alpha value is -4.64. The van der Waals surface area contributed by atoms with Crippen LogP contribution in [0.1, 0.15) is 43.9 Å². The number of likely N-dealkylation sites (tertiary alicyclic amines) is 1. The highest BCUT2D eigenvalue weighted by Crippen LogP contribution is 2.27. The van der Waals surface area contributed by atoms with Gasteiger partial charge in [0.05, 0.1) is 19.0 Å². The summed E-state index contributed by atoms with van der Waals surface area (Å²) in [5.74, 6) is 0.00737. The van der Waals surface area contributed by atoms with Gasteiger partial charge in [-0.3, -0.25) is 14.4 Å². The van der Waals surface area contributed by atoms with Gasteiger partial charge >= 0.3 is 0 Å². The van der Waals surface area contributed by atoms with E-state index in [-0.39, 0.29) is 18.1 Å². The fourth-order valence-electron chi connectivity index (χ4n) is 5.17. The van der Waals surface area contributed by atoms with Crippen molar-refractivity contribution in [1.82, 2.24) is 24.8 Å². The van der Waals surface area contributed by atoms with E-state index >= 15 is 0 Å². The number of methoxy groups -OCH3 is 1. The Bertz CT molecular complexity index is 1560. The molecule has 220 valence electrons. The summed E-state index contributed by atoms with van der Waals surface area (Å²) < 4.78 is 7.00. The molecule has 0 bridgehead atoms. The number of nitrogens with zero attached hydrogens (tertiary/aromatic N) is 3. The summed E-state index contributed by atoms with van der Waals surface area (Å²) in [4.78, 5) is 49.5. The number of fused-ring (bicyclic) bond motifs is 1. The van der Waals surface area contributed by atoms with Gasteiger partial charge in [0, 0.05) is 42.8 Å². The molecule has 5 rings (SSSR count). The van der Waals surface area contributed by atoms with Gasteiger partial charge in [0.15, 0.2) is 5.82 Å². The normalized spacial score (nSPS) is 14.9. The molecule has 0 radical (unpaired) electrons. The summed E-state index contributed by atoms with van der Waals surface area (Å²) in [6.45, 7) is 4.58. The van der Waals surface area contributed by atoms with Gasteiger partial charge in [0.25, 0.3) is 0 Å². The fraction of sp³-hybridized carbons (Fsp3) is 0.355. The lowest BCUT2D eigenvalue weighted by Gasteiger charge is -2.24. The number of hydrogen-bond acceptors (Lipinski definition) is 6. The van der Waals surface area contributed by atoms with E-state index in [1.54, 1.807) is 31.7 Å². The molecule has 3 amide bonds. The lowest BCUT2D eigenvalue weighted by molar-refractivity contribution is -0.132. The highest BCUT2D eigenvalue weighted by Gasteiger charge is 2.31. The molecular weight excluding hydrogens is 534 g/mol. The maximum Gasteiger partial charge on any atom is 0.250 e. The molecule has 0 spiro atoms. The van der Waals surface area contributed by atoms with Crippen molar-refractivity contribution in [2.45, 2.75) is 50.7 Å². The average molecular weight is 572 g/mol. The first-order chi connectivity index (χ1) is 20.1. The van der Waals surface area contributed by atoms with Crippen LogP contribution in [-0.4, -0.2) is 68.9 Å². The molecule has 2 atom stereocenters. The van der Waals surface area contributed by atoms with Gasteiger partial charge in [-0.2, -0.15) is 0 Å². The van der Waals surface area contributed by atoms with Crippen molar-refractivity contribution in [2.75, 3.05) is 25.5 Å². The van der Waals surface area contributed by atoms with Crippen LogP contribution in [0.15, 0.2) is 67.3 Å². The van der Waals surface area contributed by atoms with E-state index < -0.39 is 29.4 Å². The van der Waals surface area contributed by atoms with Crippen molar-refractivity contribution in [3.8, 4) is 5.75 Å². The van der Waals surface area contributed by atoms with E-state index in [4.69, 9.17) is 10.5 Å². The number of aromatic amines is 1. The monoisotopic (exact) mass is 571 g/mol. The lowest BCUT2D eigenvalue weighted by atomic mass is 10.0. The molecule has 1 unspecified atom stereocenters. The van der Waals surface area contributed by atoms with Crippen molar-refractivity contribution in [3.05, 3.63) is 78.4 Å². The molecule has 0 aliphatic carbocycles. The first-order valence-electron chi connectivity index (χ1n) is 14.1. The molecule has 11 nitrogen and oxygen atoms in total. The van der Waals surface area contributed by atoms with E-state index in [9.17, 15) is 14.4 Å². The van der Waals surface area contributed by atoms with Crippen molar-refractivity contribution in [1.29, 1.82) is 0 Å². The van der Waals surface area contributed by atoms with Crippen molar-refractivity contribution in [2.24, 2.45) is 5.73 Å². The van der Waals surface area contributed by atoms with Gasteiger partial charge in [-0.1, -0.05) is 30.3 Å². The smallest absolute Gasteiger partial charge is 0.250 e. The van der Waals surface area contributed by atoms with E-state index in [0.29, 0.717) is 18.8 Å². The van der Waals surface area contributed by atoms with Crippen LogP contribution in [0, 0.1) is 0 Å². The molecule has 2 aromatic carbocycles. The second-order valence-corrected chi connectivity index (χ2v) is 11.2. The first-order valence-corrected chi connectivity index (χ1v) is 14.1. The topological polar surface area (TPSA) is 147 Å². The molecule has 1 aliphatic heterocycles. The Labute approximate surface area is 244 Å². The van der Waals surface area contributed by atoms with Crippen LogP contribution in [0.3, 0.4) is 0 Å². The number of carbonyl (C=O) groups excluding carboxylic acids is 3. The highest BCUT2D eigenvalue weighted by atomic mass is 16.5. The van der Waals surface area contributed by atoms with E-state index in [0.717, 1.165) is 34.9 Å². The zero-order valence-corrected chi connectivity index (χ0v) is 24.1. The number of amides is 3. The van der Waals surface area contributed by atoms with Gasteiger partial charge < -0.3 is 35.6 Å². The third-order valence-electron chi connectivity index (χ3n) is 7.54. The van der Waals surface area contributed by atoms with Gasteiger partial charge in [0.1, 0.15) is 17.8 Å². The van der Waals surface area contributed by atoms with Crippen LogP contribution in [0.25, 0.3) is 10.9 Å². The van der Waals surface area contributed by atoms with Crippen molar-refractivity contribution >= 4 is 34.4 Å². The molecule has 1 saturated heterocycles. The highest BCUT2D eigenvalue weighted by molar-refractivity contribution is 5.98. The van der Waals surface area contributed by atoms with Crippen LogP contribution in [0.5, 0.6) is 5.75 Å². The number of hydrogen-bond donors (Lipinski definition) is 4. The van der Waals surface area contributed by atoms with E-state index in [1.165, 1.54) is 6.33 Å². The predicted molar refractivity (Wildman–Crippen MR) is 160 cm³/mol. The lowest BCUT2D eigenvalue weighted by Crippen LogP contribution is -2.55. The number of ether oxygens (including phenoxy) is 1. The maximum absolute atomic E-state index is 13.6. The minimum atomic E-state index is -1.18. The molecule has 0 saturated carbocycles. The Morgan fingerprint density at radius 3 is 2.50 bits per heavy atom. The minimum absolute atomic E-state index is 0.0393. The van der Waals surface area contributed by atoms with Gasteiger partial charge in [0.2, 0.25) is 17.7 Å². The molecule has 11 heteroatoms. The number of anilines is 1. The number of nitrogens with one attached hydrogen (secondary N) is 3. The number of carbonyl (C=O) groups is 3. The maximum atomic E-state index is 13.6. The Balaban J connectivity index is 1.39. The van der Waals surface area contributed by atoms with Crippen LogP contribution < -0.4 is 21.1 Å². The standard InChI is InChI=1S/C31H37N7O4/c1-31(2,32)30(41)35-25(16-21-17-33-24-9-5-4-8-23(21)24)28(39)36-26-18-38(19-34-26)27(29(40)37-14-6-7-15-37)20-10-12-22(42-3)13-11-20/h4-5,8-13,17-19,25,27,33H,6-7,14-16,32H2,1-3H3,(H,35,41)(H,36,39)/t25-,27?/m1/s1. The summed E-state index contributed by atoms with van der Waals surface area (Å²) in [6.07, 6.45) is 7.18. The molecule has 4 aromatic rings. The quantitative estimate of drug-likeness (QED) is 0.230. The number of aromatic nitrogens is 3. The summed E-state index contributed by atoms with van der Waals surface area (Å²) in [7, 11) is 1.59. The number of H-pyrrole nitrogens is 1. The second kappa shape index (κ2) is 12.1. The van der Waals surface area contributed by atoms with Crippen LogP contribution in [-0.2, 0) is 20.8 Å². The van der Waals surface area contributed by atoms with Gasteiger partial charge in [-0.15, -0.1) is 0 Å². The molecule has 3 heterocycles. The van der Waals surface area contributed by atoms with Gasteiger partial charge in [-0.25, -0.2) is 4.98 Å². The number of imidazole rings is 1. The molecule has 1 aliphatic rings. The van der Waals surface area contributed by atoms with Crippen LogP contribution >= 0.6 is 0 Å². The molecular formula is C31H37N7O4. The predicted octanol–water partition coefficient (Wildman–Crippen LogP) is 2.99. The zero-order chi connectivity index (χ0) is 29.9. The van der Waals surface area contributed by atoms with Crippen LogP contribution in [0.4, 0.5) is 5.82 Å². The number of para-hydroxylation sites is 1.